The quantitative estimate of drug-likeness (QED) is 0.300. The minimum atomic E-state index is -0.772. The Hall–Kier alpha value is -3.15. The molecule has 226 valence electrons. The van der Waals surface area contributed by atoms with Gasteiger partial charge in [0.1, 0.15) is 16.9 Å². The van der Waals surface area contributed by atoms with E-state index in [1.165, 1.54) is 5.56 Å². The first-order chi connectivity index (χ1) is 19.9. The van der Waals surface area contributed by atoms with E-state index < -0.39 is 23.0 Å². The summed E-state index contributed by atoms with van der Waals surface area (Å²) in [4.78, 5) is 19.7. The van der Waals surface area contributed by atoms with Crippen molar-refractivity contribution in [1.82, 2.24) is 15.5 Å². The van der Waals surface area contributed by atoms with Crippen LogP contribution in [0, 0.1) is 0 Å². The van der Waals surface area contributed by atoms with Gasteiger partial charge in [-0.15, -0.1) is 0 Å². The number of aromatic nitrogens is 2. The lowest BCUT2D eigenvalue weighted by Crippen LogP contribution is -2.66. The average molecular weight is 644 g/mol. The summed E-state index contributed by atoms with van der Waals surface area (Å²) in [5, 5.41) is 7.31. The normalized spacial score (nSPS) is 17.5. The lowest BCUT2D eigenvalue weighted by Gasteiger charge is -2.45. The van der Waals surface area contributed by atoms with Crippen LogP contribution in [-0.2, 0) is 20.6 Å². The molecule has 1 aromatic heterocycles. The second kappa shape index (κ2) is 11.9. The number of carbonyl (C=O) groups excluding carboxylic acids is 1. The average Bonchev–Trinajstić information content (AvgIpc) is 3.56. The van der Waals surface area contributed by atoms with Gasteiger partial charge in [-0.3, -0.25) is 0 Å². The molecule has 5 rings (SSSR count). The molecule has 0 atom stereocenters. The molecule has 1 N–H and O–H groups in total. The number of hydrogen-bond donors (Lipinski definition) is 1. The molecular weight excluding hydrogens is 604 g/mol. The number of halogens is 1. The van der Waals surface area contributed by atoms with Crippen LogP contribution < -0.4 is 15.0 Å². The third kappa shape index (κ3) is 7.07. The van der Waals surface area contributed by atoms with Crippen molar-refractivity contribution in [3.8, 4) is 28.6 Å². The molecule has 11 heteroatoms. The summed E-state index contributed by atoms with van der Waals surface area (Å²) in [6.07, 6.45) is 1.29. The number of nitrogens with zero attached hydrogens (tertiary/aromatic N) is 3. The summed E-state index contributed by atoms with van der Waals surface area (Å²) >= 11 is 3.57. The molecule has 3 aromatic rings. The van der Waals surface area contributed by atoms with E-state index in [0.717, 1.165) is 46.4 Å². The van der Waals surface area contributed by atoms with Crippen molar-refractivity contribution in [2.75, 3.05) is 37.8 Å². The zero-order chi connectivity index (χ0) is 30.1. The van der Waals surface area contributed by atoms with Crippen molar-refractivity contribution >= 4 is 27.7 Å². The molecule has 2 aliphatic rings. The molecule has 42 heavy (non-hydrogen) atoms. The van der Waals surface area contributed by atoms with E-state index >= 15 is 0 Å². The van der Waals surface area contributed by atoms with Crippen LogP contribution in [0.1, 0.15) is 53.5 Å². The molecule has 2 aromatic carbocycles. The number of benzene rings is 2. The SMILES string of the molecule is CCCOc1ccc(-c2nc(-c3ccc4c(c3)CCN4CC3(NC(=O)OC(C)(C)C)COC(C)(C)OC3)no2)cc1Br. The Morgan fingerprint density at radius 3 is 2.55 bits per heavy atom. The van der Waals surface area contributed by atoms with Crippen molar-refractivity contribution in [2.45, 2.75) is 71.3 Å². The van der Waals surface area contributed by atoms with Gasteiger partial charge in [0.25, 0.3) is 5.89 Å². The third-order valence-electron chi connectivity index (χ3n) is 7.05. The van der Waals surface area contributed by atoms with Crippen LogP contribution in [0.3, 0.4) is 0 Å². The highest BCUT2D eigenvalue weighted by Crippen LogP contribution is 2.35. The molecule has 0 bridgehead atoms. The first-order valence-corrected chi connectivity index (χ1v) is 15.1. The maximum absolute atomic E-state index is 12.8. The number of ether oxygens (including phenoxy) is 4. The molecule has 0 aliphatic carbocycles. The highest BCUT2D eigenvalue weighted by atomic mass is 79.9. The van der Waals surface area contributed by atoms with Gasteiger partial charge in [0.15, 0.2) is 5.79 Å². The van der Waals surface area contributed by atoms with Crippen LogP contribution >= 0.6 is 15.9 Å². The molecule has 1 fully saturated rings. The van der Waals surface area contributed by atoms with E-state index in [-0.39, 0.29) is 0 Å². The van der Waals surface area contributed by atoms with Gasteiger partial charge in [-0.1, -0.05) is 12.1 Å². The molecule has 0 unspecified atom stereocenters. The van der Waals surface area contributed by atoms with Gasteiger partial charge >= 0.3 is 6.09 Å². The van der Waals surface area contributed by atoms with Crippen LogP contribution in [0.15, 0.2) is 45.4 Å². The Labute approximate surface area is 255 Å². The molecular formula is C31H39BrN4O6. The van der Waals surface area contributed by atoms with E-state index in [4.69, 9.17) is 23.5 Å². The summed E-state index contributed by atoms with van der Waals surface area (Å²) in [5.41, 5.74) is 2.55. The summed E-state index contributed by atoms with van der Waals surface area (Å²) < 4.78 is 29.8. The second-order valence-electron chi connectivity index (χ2n) is 12.3. The molecule has 10 nitrogen and oxygen atoms in total. The molecule has 0 saturated carbocycles. The lowest BCUT2D eigenvalue weighted by molar-refractivity contribution is -0.269. The first kappa shape index (κ1) is 30.3. The second-order valence-corrected chi connectivity index (χ2v) is 13.2. The Balaban J connectivity index is 1.32. The van der Waals surface area contributed by atoms with Crippen molar-refractivity contribution in [3.05, 3.63) is 46.4 Å². The van der Waals surface area contributed by atoms with E-state index in [0.29, 0.717) is 38.1 Å². The van der Waals surface area contributed by atoms with Crippen LogP contribution in [-0.4, -0.2) is 66.1 Å². The highest BCUT2D eigenvalue weighted by Gasteiger charge is 2.44. The van der Waals surface area contributed by atoms with Crippen LogP contribution in [0.25, 0.3) is 22.8 Å². The number of carbonyl (C=O) groups is 1. The number of hydrogen-bond acceptors (Lipinski definition) is 9. The lowest BCUT2D eigenvalue weighted by atomic mass is 9.99. The van der Waals surface area contributed by atoms with Gasteiger partial charge in [0.2, 0.25) is 5.82 Å². The molecule has 1 amide bonds. The summed E-state index contributed by atoms with van der Waals surface area (Å²) in [7, 11) is 0. The number of alkyl carbamates (subject to hydrolysis) is 1. The van der Waals surface area contributed by atoms with E-state index in [1.54, 1.807) is 0 Å². The Bertz CT molecular complexity index is 1420. The minimum Gasteiger partial charge on any atom is -0.492 e. The van der Waals surface area contributed by atoms with E-state index in [9.17, 15) is 4.79 Å². The largest absolute Gasteiger partial charge is 0.492 e. The smallest absolute Gasteiger partial charge is 0.408 e. The maximum Gasteiger partial charge on any atom is 0.408 e. The number of rotatable bonds is 8. The number of nitrogens with one attached hydrogen (secondary N) is 1. The Kier molecular flexibility index (Phi) is 8.55. The van der Waals surface area contributed by atoms with Crippen LogP contribution in [0.5, 0.6) is 5.75 Å². The van der Waals surface area contributed by atoms with Crippen LogP contribution in [0.4, 0.5) is 10.5 Å². The van der Waals surface area contributed by atoms with Crippen LogP contribution in [0.2, 0.25) is 0 Å². The third-order valence-corrected chi connectivity index (χ3v) is 7.67. The van der Waals surface area contributed by atoms with Gasteiger partial charge in [0.05, 0.1) is 24.3 Å². The first-order valence-electron chi connectivity index (χ1n) is 14.3. The van der Waals surface area contributed by atoms with Crippen molar-refractivity contribution in [2.24, 2.45) is 0 Å². The number of amides is 1. The van der Waals surface area contributed by atoms with Crippen molar-refractivity contribution < 1.29 is 28.3 Å². The van der Waals surface area contributed by atoms with Gasteiger partial charge in [-0.25, -0.2) is 4.79 Å². The number of fused-ring (bicyclic) bond motifs is 1. The van der Waals surface area contributed by atoms with E-state index in [1.807, 2.05) is 58.9 Å². The fraction of sp³-hybridized carbons (Fsp3) is 0.516. The standard InChI is InChI=1S/C31H39BrN4O6/c1-7-14-38-25-11-9-22(16-23(25)32)27-33-26(35-42-27)21-8-10-24-20(15-21)12-13-36(24)17-31(18-39-30(5,6)40-19-31)34-28(37)41-29(2,3)4/h8-11,15-16H,7,12-14,17-19H2,1-6H3,(H,34,37). The molecule has 2 aliphatic heterocycles. The highest BCUT2D eigenvalue weighted by molar-refractivity contribution is 9.10. The molecule has 1 saturated heterocycles. The Morgan fingerprint density at radius 2 is 1.86 bits per heavy atom. The van der Waals surface area contributed by atoms with Gasteiger partial charge in [0, 0.05) is 29.9 Å². The zero-order valence-electron chi connectivity index (χ0n) is 25.1. The predicted octanol–water partition coefficient (Wildman–Crippen LogP) is 6.36. The minimum absolute atomic E-state index is 0.302. The predicted molar refractivity (Wildman–Crippen MR) is 163 cm³/mol. The summed E-state index contributed by atoms with van der Waals surface area (Å²) in [6, 6.07) is 11.9. The van der Waals surface area contributed by atoms with Gasteiger partial charge in [-0.2, -0.15) is 4.98 Å². The number of anilines is 1. The summed E-state index contributed by atoms with van der Waals surface area (Å²) in [5.74, 6) is 1.02. The molecule has 0 radical (unpaired) electrons. The zero-order valence-corrected chi connectivity index (χ0v) is 26.7. The van der Waals surface area contributed by atoms with Crippen molar-refractivity contribution in [1.29, 1.82) is 0 Å². The van der Waals surface area contributed by atoms with E-state index in [2.05, 4.69) is 55.3 Å². The fourth-order valence-corrected chi connectivity index (χ4v) is 5.48. The monoisotopic (exact) mass is 642 g/mol. The van der Waals surface area contributed by atoms with Gasteiger partial charge in [-0.05, 0) is 105 Å². The molecule has 0 spiro atoms. The topological polar surface area (TPSA) is 108 Å². The van der Waals surface area contributed by atoms with Crippen molar-refractivity contribution in [3.63, 3.8) is 0 Å². The summed E-state index contributed by atoms with van der Waals surface area (Å²) in [6.45, 7) is 13.9. The maximum atomic E-state index is 12.8. The fourth-order valence-electron chi connectivity index (χ4n) is 4.99. The Morgan fingerprint density at radius 1 is 1.12 bits per heavy atom. The molecule has 3 heterocycles. The van der Waals surface area contributed by atoms with Gasteiger partial charge < -0.3 is 33.7 Å².